The molecule has 0 spiro atoms. The van der Waals surface area contributed by atoms with Gasteiger partial charge in [0.05, 0.1) is 22.0 Å². The summed E-state index contributed by atoms with van der Waals surface area (Å²) < 4.78 is 27.1. The number of H-pyrrole nitrogens is 1. The maximum Gasteiger partial charge on any atom is 0.262 e. The molecule has 0 saturated carbocycles. The monoisotopic (exact) mass is 295 g/mol. The Hall–Kier alpha value is -1.86. The molecule has 0 atom stereocenters. The Labute approximate surface area is 117 Å². The highest BCUT2D eigenvalue weighted by atomic mass is 32.2. The van der Waals surface area contributed by atoms with E-state index in [0.717, 1.165) is 5.56 Å². The third-order valence-electron chi connectivity index (χ3n) is 3.00. The van der Waals surface area contributed by atoms with Gasteiger partial charge in [-0.1, -0.05) is 12.1 Å². The molecule has 7 heteroatoms. The van der Waals surface area contributed by atoms with Crippen molar-refractivity contribution in [2.75, 3.05) is 11.3 Å². The number of sulfonamides is 1. The van der Waals surface area contributed by atoms with Gasteiger partial charge in [0, 0.05) is 6.61 Å². The predicted molar refractivity (Wildman–Crippen MR) is 76.1 cm³/mol. The molecule has 0 aliphatic rings. The second-order valence-corrected chi connectivity index (χ2v) is 6.21. The van der Waals surface area contributed by atoms with Crippen LogP contribution in [0.1, 0.15) is 17.0 Å². The SMILES string of the molecule is Cc1n[nH]c(C)c1NS(=O)(=O)c1ccc(CCO)cc1. The van der Waals surface area contributed by atoms with Crippen LogP contribution in [0.3, 0.4) is 0 Å². The Morgan fingerprint density at radius 2 is 1.90 bits per heavy atom. The molecule has 0 radical (unpaired) electrons. The van der Waals surface area contributed by atoms with Crippen molar-refractivity contribution >= 4 is 15.7 Å². The molecule has 0 aliphatic heterocycles. The number of benzene rings is 1. The van der Waals surface area contributed by atoms with E-state index in [1.807, 2.05) is 0 Å². The van der Waals surface area contributed by atoms with Crippen molar-refractivity contribution in [3.63, 3.8) is 0 Å². The van der Waals surface area contributed by atoms with Crippen LogP contribution < -0.4 is 4.72 Å². The van der Waals surface area contributed by atoms with Crippen molar-refractivity contribution in [3.05, 3.63) is 41.2 Å². The number of nitrogens with zero attached hydrogens (tertiary/aromatic N) is 1. The fourth-order valence-corrected chi connectivity index (χ4v) is 3.04. The maximum absolute atomic E-state index is 12.3. The second kappa shape index (κ2) is 5.64. The zero-order valence-electron chi connectivity index (χ0n) is 11.3. The van der Waals surface area contributed by atoms with E-state index in [0.29, 0.717) is 23.5 Å². The molecule has 6 nitrogen and oxygen atoms in total. The van der Waals surface area contributed by atoms with E-state index in [4.69, 9.17) is 5.11 Å². The lowest BCUT2D eigenvalue weighted by Crippen LogP contribution is -2.14. The summed E-state index contributed by atoms with van der Waals surface area (Å²) in [7, 11) is -3.63. The van der Waals surface area contributed by atoms with Crippen molar-refractivity contribution in [1.29, 1.82) is 0 Å². The van der Waals surface area contributed by atoms with E-state index in [-0.39, 0.29) is 11.5 Å². The Bertz CT molecular complexity index is 671. The number of anilines is 1. The van der Waals surface area contributed by atoms with Crippen LogP contribution in [0.4, 0.5) is 5.69 Å². The molecular weight excluding hydrogens is 278 g/mol. The third kappa shape index (κ3) is 3.00. The largest absolute Gasteiger partial charge is 0.396 e. The highest BCUT2D eigenvalue weighted by Gasteiger charge is 2.17. The first kappa shape index (κ1) is 14.5. The predicted octanol–water partition coefficient (Wildman–Crippen LogP) is 1.36. The van der Waals surface area contributed by atoms with E-state index in [1.165, 1.54) is 12.1 Å². The van der Waals surface area contributed by atoms with Gasteiger partial charge in [-0.3, -0.25) is 9.82 Å². The highest BCUT2D eigenvalue weighted by molar-refractivity contribution is 7.92. The van der Waals surface area contributed by atoms with E-state index >= 15 is 0 Å². The lowest BCUT2D eigenvalue weighted by Gasteiger charge is -2.08. The van der Waals surface area contributed by atoms with Gasteiger partial charge < -0.3 is 5.11 Å². The smallest absolute Gasteiger partial charge is 0.262 e. The first-order chi connectivity index (χ1) is 9.44. The van der Waals surface area contributed by atoms with Crippen LogP contribution in [0.25, 0.3) is 0 Å². The van der Waals surface area contributed by atoms with Gasteiger partial charge >= 0.3 is 0 Å². The molecule has 0 aliphatic carbocycles. The summed E-state index contributed by atoms with van der Waals surface area (Å²) in [6.45, 7) is 3.52. The topological polar surface area (TPSA) is 95.1 Å². The van der Waals surface area contributed by atoms with Crippen LogP contribution >= 0.6 is 0 Å². The lowest BCUT2D eigenvalue weighted by atomic mass is 10.2. The van der Waals surface area contributed by atoms with Gasteiger partial charge in [-0.15, -0.1) is 0 Å². The Morgan fingerprint density at radius 3 is 2.40 bits per heavy atom. The van der Waals surface area contributed by atoms with Crippen molar-refractivity contribution in [1.82, 2.24) is 10.2 Å². The Morgan fingerprint density at radius 1 is 1.25 bits per heavy atom. The normalized spacial score (nSPS) is 11.6. The number of aromatic nitrogens is 2. The Balaban J connectivity index is 2.26. The lowest BCUT2D eigenvalue weighted by molar-refractivity contribution is 0.299. The van der Waals surface area contributed by atoms with Crippen LogP contribution in [0.15, 0.2) is 29.2 Å². The molecule has 20 heavy (non-hydrogen) atoms. The molecule has 0 fully saturated rings. The van der Waals surface area contributed by atoms with Crippen LogP contribution in [0.2, 0.25) is 0 Å². The number of aryl methyl sites for hydroxylation is 2. The van der Waals surface area contributed by atoms with Gasteiger partial charge in [0.1, 0.15) is 0 Å². The molecule has 2 rings (SSSR count). The fourth-order valence-electron chi connectivity index (χ4n) is 1.86. The number of hydrogen-bond acceptors (Lipinski definition) is 4. The number of aromatic amines is 1. The van der Waals surface area contributed by atoms with E-state index in [2.05, 4.69) is 14.9 Å². The summed E-state index contributed by atoms with van der Waals surface area (Å²) in [5, 5.41) is 15.5. The minimum Gasteiger partial charge on any atom is -0.396 e. The fraction of sp³-hybridized carbons (Fsp3) is 0.308. The molecule has 0 bridgehead atoms. The van der Waals surface area contributed by atoms with Crippen LogP contribution in [-0.4, -0.2) is 30.3 Å². The first-order valence-corrected chi connectivity index (χ1v) is 7.66. The zero-order valence-corrected chi connectivity index (χ0v) is 12.2. The van der Waals surface area contributed by atoms with Gasteiger partial charge in [-0.25, -0.2) is 8.42 Å². The highest BCUT2D eigenvalue weighted by Crippen LogP contribution is 2.21. The van der Waals surface area contributed by atoms with Crippen LogP contribution in [0, 0.1) is 13.8 Å². The quantitative estimate of drug-likeness (QED) is 0.776. The summed E-state index contributed by atoms with van der Waals surface area (Å²) in [6, 6.07) is 6.44. The second-order valence-electron chi connectivity index (χ2n) is 4.53. The number of aliphatic hydroxyl groups excluding tert-OH is 1. The molecule has 0 saturated heterocycles. The van der Waals surface area contributed by atoms with Crippen LogP contribution in [0.5, 0.6) is 0 Å². The van der Waals surface area contributed by atoms with Crippen molar-refractivity contribution < 1.29 is 13.5 Å². The molecule has 3 N–H and O–H groups in total. The average Bonchev–Trinajstić information content (AvgIpc) is 2.71. The molecule has 1 aromatic carbocycles. The van der Waals surface area contributed by atoms with E-state index in [1.54, 1.807) is 26.0 Å². The molecule has 1 heterocycles. The number of aliphatic hydroxyl groups is 1. The summed E-state index contributed by atoms with van der Waals surface area (Å²) >= 11 is 0. The summed E-state index contributed by atoms with van der Waals surface area (Å²) in [5.74, 6) is 0. The van der Waals surface area contributed by atoms with Crippen molar-refractivity contribution in [2.45, 2.75) is 25.2 Å². The molecule has 2 aromatic rings. The van der Waals surface area contributed by atoms with Gasteiger partial charge in [-0.05, 0) is 38.0 Å². The number of hydrogen-bond donors (Lipinski definition) is 3. The first-order valence-electron chi connectivity index (χ1n) is 6.18. The zero-order chi connectivity index (χ0) is 14.8. The van der Waals surface area contributed by atoms with Gasteiger partial charge in [-0.2, -0.15) is 5.10 Å². The summed E-state index contributed by atoms with van der Waals surface area (Å²) in [4.78, 5) is 0.180. The third-order valence-corrected chi connectivity index (χ3v) is 4.36. The standard InChI is InChI=1S/C13H17N3O3S/c1-9-13(10(2)15-14-9)16-20(18,19)12-5-3-11(4-6-12)7-8-17/h3-6,16-17H,7-8H2,1-2H3,(H,14,15). The molecule has 0 amide bonds. The molecule has 1 aromatic heterocycles. The molecule has 108 valence electrons. The van der Waals surface area contributed by atoms with Gasteiger partial charge in [0.15, 0.2) is 0 Å². The van der Waals surface area contributed by atoms with Crippen molar-refractivity contribution in [2.24, 2.45) is 0 Å². The van der Waals surface area contributed by atoms with E-state index in [9.17, 15) is 8.42 Å². The molecular formula is C13H17N3O3S. The van der Waals surface area contributed by atoms with Gasteiger partial charge in [0.2, 0.25) is 0 Å². The summed E-state index contributed by atoms with van der Waals surface area (Å²) in [6.07, 6.45) is 0.508. The minimum atomic E-state index is -3.63. The minimum absolute atomic E-state index is 0.0394. The van der Waals surface area contributed by atoms with Crippen molar-refractivity contribution in [3.8, 4) is 0 Å². The van der Waals surface area contributed by atoms with Gasteiger partial charge in [0.25, 0.3) is 10.0 Å². The van der Waals surface area contributed by atoms with E-state index < -0.39 is 10.0 Å². The number of rotatable bonds is 5. The number of nitrogens with one attached hydrogen (secondary N) is 2. The Kier molecular flexibility index (Phi) is 4.10. The molecule has 0 unspecified atom stereocenters. The summed E-state index contributed by atoms with van der Waals surface area (Å²) in [5.41, 5.74) is 2.64. The maximum atomic E-state index is 12.3. The average molecular weight is 295 g/mol. The van der Waals surface area contributed by atoms with Crippen LogP contribution in [-0.2, 0) is 16.4 Å².